The van der Waals surface area contributed by atoms with Gasteiger partial charge in [-0.05, 0) is 24.4 Å². The zero-order valence-corrected chi connectivity index (χ0v) is 12.0. The fourth-order valence-electron chi connectivity index (χ4n) is 2.49. The molecule has 0 aliphatic heterocycles. The van der Waals surface area contributed by atoms with Crippen molar-refractivity contribution in [2.45, 2.75) is 45.6 Å². The maximum Gasteiger partial charge on any atom is 0.0318 e. The average Bonchev–Trinajstić information content (AvgIpc) is 2.43. The summed E-state index contributed by atoms with van der Waals surface area (Å²) in [6, 6.07) is 11.2. The Bertz CT molecular complexity index is 331. The van der Waals surface area contributed by atoms with E-state index < -0.39 is 0 Å². The van der Waals surface area contributed by atoms with Crippen LogP contribution in [0.1, 0.15) is 45.1 Å². The van der Waals surface area contributed by atoms with E-state index in [1.54, 1.807) is 0 Å². The van der Waals surface area contributed by atoms with Gasteiger partial charge < -0.3 is 5.32 Å². The molecule has 0 bridgehead atoms. The van der Waals surface area contributed by atoms with Crippen LogP contribution >= 0.6 is 0 Å². The lowest BCUT2D eigenvalue weighted by molar-refractivity contribution is 0.373. The molecule has 1 nitrogen and oxygen atoms in total. The van der Waals surface area contributed by atoms with Crippen LogP contribution in [0.5, 0.6) is 0 Å². The molecule has 100 valence electrons. The SMILES string of the molecule is C=CC(NCCC)C(c1ccccc1)C(C)CC. The van der Waals surface area contributed by atoms with Gasteiger partial charge in [0.25, 0.3) is 0 Å². The third-order valence-electron chi connectivity index (χ3n) is 3.71. The van der Waals surface area contributed by atoms with Gasteiger partial charge in [0.1, 0.15) is 0 Å². The predicted molar refractivity (Wildman–Crippen MR) is 80.9 cm³/mol. The van der Waals surface area contributed by atoms with Crippen LogP contribution in [0.25, 0.3) is 0 Å². The van der Waals surface area contributed by atoms with Crippen molar-refractivity contribution in [2.24, 2.45) is 5.92 Å². The Hall–Kier alpha value is -1.08. The summed E-state index contributed by atoms with van der Waals surface area (Å²) in [5.41, 5.74) is 1.42. The molecule has 1 aromatic carbocycles. The van der Waals surface area contributed by atoms with E-state index in [9.17, 15) is 0 Å². The smallest absolute Gasteiger partial charge is 0.0318 e. The Labute approximate surface area is 112 Å². The highest BCUT2D eigenvalue weighted by Crippen LogP contribution is 2.30. The van der Waals surface area contributed by atoms with E-state index in [-0.39, 0.29) is 0 Å². The monoisotopic (exact) mass is 245 g/mol. The summed E-state index contributed by atoms with van der Waals surface area (Å²) >= 11 is 0. The summed E-state index contributed by atoms with van der Waals surface area (Å²) in [5.74, 6) is 1.17. The quantitative estimate of drug-likeness (QED) is 0.671. The molecular formula is C17H27N. The first-order chi connectivity index (χ1) is 8.74. The van der Waals surface area contributed by atoms with Gasteiger partial charge in [0.15, 0.2) is 0 Å². The molecule has 0 radical (unpaired) electrons. The van der Waals surface area contributed by atoms with Crippen molar-refractivity contribution in [3.63, 3.8) is 0 Å². The molecule has 0 aromatic heterocycles. The third kappa shape index (κ3) is 3.99. The predicted octanol–water partition coefficient (Wildman–Crippen LogP) is 4.37. The van der Waals surface area contributed by atoms with Crippen LogP contribution in [0.4, 0.5) is 0 Å². The molecular weight excluding hydrogens is 218 g/mol. The van der Waals surface area contributed by atoms with Gasteiger partial charge in [0, 0.05) is 12.0 Å². The Morgan fingerprint density at radius 3 is 2.39 bits per heavy atom. The van der Waals surface area contributed by atoms with Crippen LogP contribution in [-0.2, 0) is 0 Å². The van der Waals surface area contributed by atoms with E-state index in [0.29, 0.717) is 17.9 Å². The largest absolute Gasteiger partial charge is 0.310 e. The minimum absolute atomic E-state index is 0.363. The lowest BCUT2D eigenvalue weighted by Gasteiger charge is -2.31. The van der Waals surface area contributed by atoms with Gasteiger partial charge in [0.05, 0.1) is 0 Å². The molecule has 0 spiro atoms. The summed E-state index contributed by atoms with van der Waals surface area (Å²) in [6.45, 7) is 11.9. The van der Waals surface area contributed by atoms with Crippen molar-refractivity contribution >= 4 is 0 Å². The fraction of sp³-hybridized carbons (Fsp3) is 0.529. The van der Waals surface area contributed by atoms with Gasteiger partial charge in [-0.15, -0.1) is 6.58 Å². The third-order valence-corrected chi connectivity index (χ3v) is 3.71. The molecule has 0 amide bonds. The topological polar surface area (TPSA) is 12.0 Å². The number of benzene rings is 1. The number of rotatable bonds is 8. The first-order valence-electron chi connectivity index (χ1n) is 7.15. The zero-order chi connectivity index (χ0) is 13.4. The maximum absolute atomic E-state index is 4.01. The Morgan fingerprint density at radius 1 is 1.22 bits per heavy atom. The maximum atomic E-state index is 4.01. The van der Waals surface area contributed by atoms with Crippen LogP contribution < -0.4 is 5.32 Å². The van der Waals surface area contributed by atoms with E-state index in [2.05, 4.69) is 69.1 Å². The molecule has 0 aliphatic rings. The standard InChI is InChI=1S/C17H27N/c1-5-13-18-16(7-3)17(14(4)6-2)15-11-9-8-10-12-15/h7-12,14,16-18H,3,5-6,13H2,1-2,4H3. The minimum Gasteiger partial charge on any atom is -0.310 e. The summed E-state index contributed by atoms with van der Waals surface area (Å²) < 4.78 is 0. The lowest BCUT2D eigenvalue weighted by atomic mass is 9.80. The first-order valence-corrected chi connectivity index (χ1v) is 7.15. The van der Waals surface area contributed by atoms with Crippen molar-refractivity contribution in [3.8, 4) is 0 Å². The molecule has 1 aromatic rings. The molecule has 1 N–H and O–H groups in total. The summed E-state index contributed by atoms with van der Waals surface area (Å²) in [5, 5.41) is 3.61. The van der Waals surface area contributed by atoms with E-state index >= 15 is 0 Å². The van der Waals surface area contributed by atoms with Gasteiger partial charge in [0.2, 0.25) is 0 Å². The highest BCUT2D eigenvalue weighted by Gasteiger charge is 2.24. The fourth-order valence-corrected chi connectivity index (χ4v) is 2.49. The second-order valence-electron chi connectivity index (χ2n) is 5.04. The molecule has 0 fully saturated rings. The van der Waals surface area contributed by atoms with Gasteiger partial charge in [-0.3, -0.25) is 0 Å². The Balaban J connectivity index is 2.93. The van der Waals surface area contributed by atoms with Crippen molar-refractivity contribution in [1.82, 2.24) is 5.32 Å². The minimum atomic E-state index is 0.363. The molecule has 0 aliphatic carbocycles. The number of nitrogens with one attached hydrogen (secondary N) is 1. The van der Waals surface area contributed by atoms with Crippen molar-refractivity contribution in [2.75, 3.05) is 6.54 Å². The molecule has 0 saturated heterocycles. The molecule has 0 saturated carbocycles. The van der Waals surface area contributed by atoms with Gasteiger partial charge in [-0.25, -0.2) is 0 Å². The average molecular weight is 245 g/mol. The normalized spacial score (nSPS) is 15.9. The zero-order valence-electron chi connectivity index (χ0n) is 12.0. The van der Waals surface area contributed by atoms with Crippen molar-refractivity contribution < 1.29 is 0 Å². The van der Waals surface area contributed by atoms with Gasteiger partial charge >= 0.3 is 0 Å². The lowest BCUT2D eigenvalue weighted by Crippen LogP contribution is -2.36. The van der Waals surface area contributed by atoms with Crippen molar-refractivity contribution in [3.05, 3.63) is 48.6 Å². The molecule has 1 heteroatoms. The van der Waals surface area contributed by atoms with Gasteiger partial charge in [-0.1, -0.05) is 63.6 Å². The first kappa shape index (κ1) is 15.0. The van der Waals surface area contributed by atoms with Crippen LogP contribution in [0.3, 0.4) is 0 Å². The Kier molecular flexibility index (Phi) is 6.74. The van der Waals surface area contributed by atoms with Crippen LogP contribution in [0, 0.1) is 5.92 Å². The summed E-state index contributed by atoms with van der Waals surface area (Å²) in [7, 11) is 0. The highest BCUT2D eigenvalue weighted by molar-refractivity contribution is 5.24. The van der Waals surface area contributed by atoms with Gasteiger partial charge in [-0.2, -0.15) is 0 Å². The summed E-state index contributed by atoms with van der Waals surface area (Å²) in [6.07, 6.45) is 4.42. The van der Waals surface area contributed by atoms with Crippen LogP contribution in [0.15, 0.2) is 43.0 Å². The van der Waals surface area contributed by atoms with Crippen molar-refractivity contribution in [1.29, 1.82) is 0 Å². The molecule has 18 heavy (non-hydrogen) atoms. The molecule has 0 heterocycles. The van der Waals surface area contributed by atoms with Crippen LogP contribution in [-0.4, -0.2) is 12.6 Å². The number of hydrogen-bond donors (Lipinski definition) is 1. The molecule has 3 unspecified atom stereocenters. The van der Waals surface area contributed by atoms with E-state index in [1.165, 1.54) is 12.0 Å². The Morgan fingerprint density at radius 2 is 1.89 bits per heavy atom. The molecule has 3 atom stereocenters. The van der Waals surface area contributed by atoms with E-state index in [1.807, 2.05) is 0 Å². The second-order valence-corrected chi connectivity index (χ2v) is 5.04. The summed E-state index contributed by atoms with van der Waals surface area (Å²) in [4.78, 5) is 0. The van der Waals surface area contributed by atoms with E-state index in [0.717, 1.165) is 13.0 Å². The second kappa shape index (κ2) is 8.10. The molecule has 1 rings (SSSR count). The number of hydrogen-bond acceptors (Lipinski definition) is 1. The van der Waals surface area contributed by atoms with E-state index in [4.69, 9.17) is 0 Å². The van der Waals surface area contributed by atoms with Crippen LogP contribution in [0.2, 0.25) is 0 Å². The highest BCUT2D eigenvalue weighted by atomic mass is 14.9.